The minimum absolute atomic E-state index is 0.0172. The average Bonchev–Trinajstić information content (AvgIpc) is 1.96. The first-order chi connectivity index (χ1) is 5.52. The lowest BCUT2D eigenvalue weighted by Gasteiger charge is -2.01. The molecule has 3 nitrogen and oxygen atoms in total. The second-order valence-electron chi connectivity index (χ2n) is 2.09. The molecule has 0 saturated carbocycles. The van der Waals surface area contributed by atoms with Crippen molar-refractivity contribution < 1.29 is 19.4 Å². The van der Waals surface area contributed by atoms with Gasteiger partial charge in [0.25, 0.3) is 0 Å². The number of phenols is 1. The number of carboxylic acids is 1. The van der Waals surface area contributed by atoms with E-state index in [1.165, 1.54) is 0 Å². The van der Waals surface area contributed by atoms with E-state index in [1.54, 1.807) is 0 Å². The number of hydrogen-bond acceptors (Lipinski definition) is 2. The highest BCUT2D eigenvalue weighted by atomic mass is 79.9. The topological polar surface area (TPSA) is 57.5 Å². The van der Waals surface area contributed by atoms with Gasteiger partial charge in [-0.1, -0.05) is 0 Å². The molecule has 0 aliphatic heterocycles. The first kappa shape index (κ1) is 8.99. The molecular weight excluding hydrogens is 231 g/mol. The van der Waals surface area contributed by atoms with Crippen molar-refractivity contribution in [2.75, 3.05) is 0 Å². The Balaban J connectivity index is 3.37. The maximum Gasteiger partial charge on any atom is 0.337 e. The number of carbonyl (C=O) groups is 1. The van der Waals surface area contributed by atoms with Crippen LogP contribution in [-0.4, -0.2) is 16.2 Å². The number of aromatic carboxylic acids is 1. The summed E-state index contributed by atoms with van der Waals surface area (Å²) in [5, 5.41) is 17.5. The first-order valence-corrected chi connectivity index (χ1v) is 3.73. The van der Waals surface area contributed by atoms with Crippen LogP contribution in [0.3, 0.4) is 0 Å². The lowest BCUT2D eigenvalue weighted by molar-refractivity contribution is 0.0694. The Bertz CT molecular complexity index is 338. The number of benzene rings is 1. The monoisotopic (exact) mass is 234 g/mol. The molecule has 1 aromatic rings. The number of hydrogen-bond donors (Lipinski definition) is 2. The molecule has 0 fully saturated rings. The highest BCUT2D eigenvalue weighted by Gasteiger charge is 2.13. The van der Waals surface area contributed by atoms with E-state index < -0.39 is 17.5 Å². The second kappa shape index (κ2) is 3.10. The minimum atomic E-state index is -1.29. The molecule has 0 saturated heterocycles. The third-order valence-electron chi connectivity index (χ3n) is 1.25. The lowest BCUT2D eigenvalue weighted by atomic mass is 10.2. The average molecular weight is 235 g/mol. The van der Waals surface area contributed by atoms with Gasteiger partial charge < -0.3 is 10.2 Å². The van der Waals surface area contributed by atoms with Gasteiger partial charge in [-0.15, -0.1) is 0 Å². The molecule has 0 aliphatic carbocycles. The molecule has 0 spiro atoms. The summed E-state index contributed by atoms with van der Waals surface area (Å²) in [5.41, 5.74) is -0.299. The molecule has 1 aromatic carbocycles. The lowest BCUT2D eigenvalue weighted by Crippen LogP contribution is -1.98. The molecule has 64 valence electrons. The molecule has 0 aliphatic rings. The van der Waals surface area contributed by atoms with Crippen molar-refractivity contribution in [3.05, 3.63) is 28.0 Å². The number of rotatable bonds is 1. The van der Waals surface area contributed by atoms with Crippen LogP contribution in [0.5, 0.6) is 5.75 Å². The fourth-order valence-electron chi connectivity index (χ4n) is 0.730. The number of carboxylic acid groups (broad SMARTS) is 1. The van der Waals surface area contributed by atoms with Gasteiger partial charge in [0.05, 0.1) is 10.0 Å². The zero-order chi connectivity index (χ0) is 9.30. The molecule has 0 heterocycles. The molecule has 1 rings (SSSR count). The second-order valence-corrected chi connectivity index (χ2v) is 2.88. The summed E-state index contributed by atoms with van der Waals surface area (Å²) in [7, 11) is 0. The van der Waals surface area contributed by atoms with Crippen LogP contribution in [-0.2, 0) is 0 Å². The summed E-state index contributed by atoms with van der Waals surface area (Å²) in [6, 6.07) is 1.66. The smallest absolute Gasteiger partial charge is 0.337 e. The Kier molecular flexibility index (Phi) is 2.32. The Morgan fingerprint density at radius 2 is 2.08 bits per heavy atom. The maximum absolute atomic E-state index is 12.5. The molecule has 0 radical (unpaired) electrons. The van der Waals surface area contributed by atoms with Crippen molar-refractivity contribution in [2.24, 2.45) is 0 Å². The van der Waals surface area contributed by atoms with Gasteiger partial charge in [0, 0.05) is 6.07 Å². The number of aromatic hydroxyl groups is 1. The summed E-state index contributed by atoms with van der Waals surface area (Å²) in [6.45, 7) is 0. The Morgan fingerprint density at radius 1 is 1.50 bits per heavy atom. The maximum atomic E-state index is 12.5. The zero-order valence-corrected chi connectivity index (χ0v) is 7.30. The van der Waals surface area contributed by atoms with Crippen LogP contribution in [0.2, 0.25) is 0 Å². The van der Waals surface area contributed by atoms with Gasteiger partial charge in [-0.3, -0.25) is 0 Å². The van der Waals surface area contributed by atoms with E-state index >= 15 is 0 Å². The Morgan fingerprint density at radius 3 is 2.58 bits per heavy atom. The van der Waals surface area contributed by atoms with Crippen LogP contribution in [0.15, 0.2) is 16.6 Å². The molecule has 2 N–H and O–H groups in total. The van der Waals surface area contributed by atoms with Gasteiger partial charge in [-0.25, -0.2) is 9.18 Å². The van der Waals surface area contributed by atoms with Crippen molar-refractivity contribution >= 4 is 21.9 Å². The van der Waals surface area contributed by atoms with E-state index in [0.29, 0.717) is 0 Å². The predicted octanol–water partition coefficient (Wildman–Crippen LogP) is 1.99. The van der Waals surface area contributed by atoms with E-state index in [-0.39, 0.29) is 10.0 Å². The molecule has 5 heteroatoms. The van der Waals surface area contributed by atoms with E-state index in [9.17, 15) is 9.18 Å². The van der Waals surface area contributed by atoms with Crippen LogP contribution < -0.4 is 0 Å². The zero-order valence-electron chi connectivity index (χ0n) is 5.71. The summed E-state index contributed by atoms with van der Waals surface area (Å²) in [6.07, 6.45) is 0. The number of phenolic OH excluding ortho intramolecular Hbond substituents is 1. The summed E-state index contributed by atoms with van der Waals surface area (Å²) in [5.74, 6) is -2.50. The van der Waals surface area contributed by atoms with Gasteiger partial charge >= 0.3 is 5.97 Å². The quantitative estimate of drug-likeness (QED) is 0.782. The van der Waals surface area contributed by atoms with Gasteiger partial charge in [-0.2, -0.15) is 0 Å². The van der Waals surface area contributed by atoms with E-state index in [4.69, 9.17) is 10.2 Å². The highest BCUT2D eigenvalue weighted by molar-refractivity contribution is 9.10. The Labute approximate surface area is 75.6 Å². The standard InChI is InChI=1S/C7H4BrFO3/c8-6-4(7(11)12)1-3(9)2-5(6)10/h1-2,10H,(H,11,12). The third-order valence-corrected chi connectivity index (χ3v) is 2.08. The van der Waals surface area contributed by atoms with E-state index in [2.05, 4.69) is 15.9 Å². The first-order valence-electron chi connectivity index (χ1n) is 2.93. The summed E-state index contributed by atoms with van der Waals surface area (Å²) in [4.78, 5) is 10.4. The van der Waals surface area contributed by atoms with Gasteiger partial charge in [0.15, 0.2) is 0 Å². The Hall–Kier alpha value is -1.10. The van der Waals surface area contributed by atoms with Crippen LogP contribution in [0.25, 0.3) is 0 Å². The molecule has 0 aromatic heterocycles. The fourth-order valence-corrected chi connectivity index (χ4v) is 1.13. The van der Waals surface area contributed by atoms with Crippen molar-refractivity contribution in [3.8, 4) is 5.75 Å². The normalized spacial score (nSPS) is 9.83. The van der Waals surface area contributed by atoms with Crippen LogP contribution >= 0.6 is 15.9 Å². The largest absolute Gasteiger partial charge is 0.507 e. The van der Waals surface area contributed by atoms with Crippen LogP contribution in [0.1, 0.15) is 10.4 Å². The van der Waals surface area contributed by atoms with E-state index in [1.807, 2.05) is 0 Å². The van der Waals surface area contributed by atoms with Crippen LogP contribution in [0.4, 0.5) is 4.39 Å². The summed E-state index contributed by atoms with van der Waals surface area (Å²) >= 11 is 2.82. The molecule has 0 unspecified atom stereocenters. The minimum Gasteiger partial charge on any atom is -0.507 e. The van der Waals surface area contributed by atoms with Crippen molar-refractivity contribution in [2.45, 2.75) is 0 Å². The SMILES string of the molecule is O=C(O)c1cc(F)cc(O)c1Br. The van der Waals surface area contributed by atoms with Gasteiger partial charge in [0.2, 0.25) is 0 Å². The molecule has 12 heavy (non-hydrogen) atoms. The molecule has 0 bridgehead atoms. The number of halogens is 2. The molecule has 0 amide bonds. The van der Waals surface area contributed by atoms with Crippen molar-refractivity contribution in [1.82, 2.24) is 0 Å². The molecular formula is C7H4BrFO3. The van der Waals surface area contributed by atoms with Crippen molar-refractivity contribution in [1.29, 1.82) is 0 Å². The fraction of sp³-hybridized carbons (Fsp3) is 0. The summed E-state index contributed by atoms with van der Waals surface area (Å²) < 4.78 is 12.5. The molecule has 0 atom stereocenters. The predicted molar refractivity (Wildman–Crippen MR) is 42.7 cm³/mol. The van der Waals surface area contributed by atoms with Crippen LogP contribution in [0, 0.1) is 5.82 Å². The third kappa shape index (κ3) is 1.55. The van der Waals surface area contributed by atoms with E-state index in [0.717, 1.165) is 12.1 Å². The van der Waals surface area contributed by atoms with Gasteiger partial charge in [-0.05, 0) is 22.0 Å². The van der Waals surface area contributed by atoms with Gasteiger partial charge in [0.1, 0.15) is 11.6 Å². The van der Waals surface area contributed by atoms with Crippen molar-refractivity contribution in [3.63, 3.8) is 0 Å². The highest BCUT2D eigenvalue weighted by Crippen LogP contribution is 2.28.